The third-order valence-corrected chi connectivity index (χ3v) is 5.13. The fourth-order valence-corrected chi connectivity index (χ4v) is 3.78. The molecular formula is C15H14N2S2. The van der Waals surface area contributed by atoms with Crippen molar-refractivity contribution in [1.82, 2.24) is 4.98 Å². The van der Waals surface area contributed by atoms with Gasteiger partial charge in [0.15, 0.2) is 0 Å². The third-order valence-electron chi connectivity index (χ3n) is 2.94. The Morgan fingerprint density at radius 2 is 1.89 bits per heavy atom. The molecule has 3 rings (SSSR count). The summed E-state index contributed by atoms with van der Waals surface area (Å²) in [6.07, 6.45) is 0. The first kappa shape index (κ1) is 12.5. The number of aryl methyl sites for hydroxylation is 2. The molecular weight excluding hydrogens is 272 g/mol. The van der Waals surface area contributed by atoms with Crippen LogP contribution in [0.25, 0.3) is 10.2 Å². The Balaban J connectivity index is 2.05. The van der Waals surface area contributed by atoms with E-state index in [0.717, 1.165) is 25.8 Å². The molecule has 0 amide bonds. The number of thiazole rings is 1. The van der Waals surface area contributed by atoms with Crippen LogP contribution in [0.5, 0.6) is 0 Å². The van der Waals surface area contributed by atoms with Gasteiger partial charge < -0.3 is 5.73 Å². The molecule has 0 saturated carbocycles. The van der Waals surface area contributed by atoms with Gasteiger partial charge in [0.1, 0.15) is 0 Å². The summed E-state index contributed by atoms with van der Waals surface area (Å²) in [5.41, 5.74) is 9.28. The summed E-state index contributed by atoms with van der Waals surface area (Å²) >= 11 is 3.39. The number of aromatic nitrogens is 1. The molecule has 0 aliphatic carbocycles. The Bertz CT molecular complexity index is 747. The van der Waals surface area contributed by atoms with Gasteiger partial charge in [-0.1, -0.05) is 30.0 Å². The van der Waals surface area contributed by atoms with E-state index in [1.807, 2.05) is 13.0 Å². The molecule has 3 aromatic rings. The van der Waals surface area contributed by atoms with Crippen molar-refractivity contribution >= 4 is 39.0 Å². The molecule has 0 unspecified atom stereocenters. The Kier molecular flexibility index (Phi) is 3.21. The highest BCUT2D eigenvalue weighted by Gasteiger charge is 2.08. The predicted molar refractivity (Wildman–Crippen MR) is 84.1 cm³/mol. The second-order valence-corrected chi connectivity index (χ2v) is 6.78. The molecule has 0 aliphatic rings. The van der Waals surface area contributed by atoms with E-state index in [2.05, 4.69) is 42.2 Å². The summed E-state index contributed by atoms with van der Waals surface area (Å²) in [7, 11) is 0. The Morgan fingerprint density at radius 1 is 1.11 bits per heavy atom. The van der Waals surface area contributed by atoms with Crippen LogP contribution in [0, 0.1) is 13.8 Å². The van der Waals surface area contributed by atoms with E-state index in [-0.39, 0.29) is 0 Å². The van der Waals surface area contributed by atoms with E-state index in [9.17, 15) is 0 Å². The number of anilines is 1. The lowest BCUT2D eigenvalue weighted by molar-refractivity contribution is 1.29. The van der Waals surface area contributed by atoms with Crippen molar-refractivity contribution in [2.24, 2.45) is 0 Å². The van der Waals surface area contributed by atoms with Gasteiger partial charge >= 0.3 is 0 Å². The van der Waals surface area contributed by atoms with Gasteiger partial charge in [0.05, 0.1) is 15.2 Å². The molecule has 0 radical (unpaired) electrons. The van der Waals surface area contributed by atoms with Crippen LogP contribution >= 0.6 is 23.1 Å². The van der Waals surface area contributed by atoms with Crippen LogP contribution in [-0.2, 0) is 0 Å². The second kappa shape index (κ2) is 4.87. The van der Waals surface area contributed by atoms with Gasteiger partial charge in [-0.3, -0.25) is 0 Å². The molecule has 19 heavy (non-hydrogen) atoms. The quantitative estimate of drug-likeness (QED) is 0.697. The number of nitrogens with two attached hydrogens (primary N) is 1. The first-order chi connectivity index (χ1) is 9.13. The van der Waals surface area contributed by atoms with Crippen molar-refractivity contribution in [1.29, 1.82) is 0 Å². The lowest BCUT2D eigenvalue weighted by Crippen LogP contribution is -1.89. The summed E-state index contributed by atoms with van der Waals surface area (Å²) < 4.78 is 1.16. The molecule has 1 heterocycles. The van der Waals surface area contributed by atoms with E-state index >= 15 is 0 Å². The smallest absolute Gasteiger partial charge is 0.0907 e. The number of nitrogen functional groups attached to an aromatic ring is 1. The molecule has 1 aromatic heterocycles. The summed E-state index contributed by atoms with van der Waals surface area (Å²) in [5.74, 6) is 0. The van der Waals surface area contributed by atoms with E-state index in [4.69, 9.17) is 5.73 Å². The molecule has 2 N–H and O–H groups in total. The average Bonchev–Trinajstić information content (AvgIpc) is 2.71. The maximum Gasteiger partial charge on any atom is 0.0907 e. The first-order valence-electron chi connectivity index (χ1n) is 6.03. The normalized spacial score (nSPS) is 11.1. The Hall–Kier alpha value is -1.52. The molecule has 0 bridgehead atoms. The highest BCUT2D eigenvalue weighted by Crippen LogP contribution is 2.37. The first-order valence-corrected chi connectivity index (χ1v) is 7.67. The number of fused-ring (bicyclic) bond motifs is 1. The maximum atomic E-state index is 6.15. The van der Waals surface area contributed by atoms with Crippen molar-refractivity contribution in [3.8, 4) is 0 Å². The van der Waals surface area contributed by atoms with E-state index in [0.29, 0.717) is 0 Å². The number of rotatable bonds is 2. The molecule has 96 valence electrons. The number of benzene rings is 2. The minimum atomic E-state index is 0.824. The molecule has 0 aliphatic heterocycles. The van der Waals surface area contributed by atoms with Gasteiger partial charge in [-0.05, 0) is 37.6 Å². The van der Waals surface area contributed by atoms with Gasteiger partial charge in [-0.15, -0.1) is 11.3 Å². The SMILES string of the molecule is Cc1nc2cc(Sc3ccccc3C)c(N)cc2s1. The zero-order valence-electron chi connectivity index (χ0n) is 10.8. The van der Waals surface area contributed by atoms with Crippen molar-refractivity contribution in [3.63, 3.8) is 0 Å². The minimum absolute atomic E-state index is 0.824. The lowest BCUT2D eigenvalue weighted by atomic mass is 10.2. The monoisotopic (exact) mass is 286 g/mol. The lowest BCUT2D eigenvalue weighted by Gasteiger charge is -2.07. The van der Waals surface area contributed by atoms with Crippen LogP contribution in [0.1, 0.15) is 10.6 Å². The van der Waals surface area contributed by atoms with Crippen molar-refractivity contribution < 1.29 is 0 Å². The Labute approximate surface area is 120 Å². The molecule has 0 spiro atoms. The number of hydrogen-bond donors (Lipinski definition) is 1. The van der Waals surface area contributed by atoms with Gasteiger partial charge in [-0.25, -0.2) is 4.98 Å². The summed E-state index contributed by atoms with van der Waals surface area (Å²) in [5, 5.41) is 1.08. The fourth-order valence-electron chi connectivity index (χ4n) is 1.96. The third kappa shape index (κ3) is 2.46. The van der Waals surface area contributed by atoms with Crippen LogP contribution in [0.3, 0.4) is 0 Å². The zero-order valence-corrected chi connectivity index (χ0v) is 12.4. The molecule has 0 saturated heterocycles. The van der Waals surface area contributed by atoms with Crippen LogP contribution < -0.4 is 5.73 Å². The van der Waals surface area contributed by atoms with Crippen LogP contribution in [0.2, 0.25) is 0 Å². The summed E-state index contributed by atoms with van der Waals surface area (Å²) in [6.45, 7) is 4.14. The van der Waals surface area contributed by atoms with E-state index in [1.54, 1.807) is 23.1 Å². The van der Waals surface area contributed by atoms with Crippen LogP contribution in [-0.4, -0.2) is 4.98 Å². The largest absolute Gasteiger partial charge is 0.398 e. The second-order valence-electron chi connectivity index (χ2n) is 4.46. The summed E-state index contributed by atoms with van der Waals surface area (Å²) in [4.78, 5) is 6.84. The molecule has 0 atom stereocenters. The van der Waals surface area contributed by atoms with E-state index < -0.39 is 0 Å². The summed E-state index contributed by atoms with van der Waals surface area (Å²) in [6, 6.07) is 12.5. The van der Waals surface area contributed by atoms with Gasteiger partial charge in [0.2, 0.25) is 0 Å². The van der Waals surface area contributed by atoms with Crippen molar-refractivity contribution in [3.05, 3.63) is 47.0 Å². The standard InChI is InChI=1S/C15H14N2S2/c1-9-5-3-4-6-13(9)19-14-8-12-15(7-11(14)16)18-10(2)17-12/h3-8H,16H2,1-2H3. The Morgan fingerprint density at radius 3 is 2.68 bits per heavy atom. The molecule has 4 heteroatoms. The number of nitrogens with zero attached hydrogens (tertiary/aromatic N) is 1. The highest BCUT2D eigenvalue weighted by atomic mass is 32.2. The highest BCUT2D eigenvalue weighted by molar-refractivity contribution is 7.99. The predicted octanol–water partition coefficient (Wildman–Crippen LogP) is 4.65. The minimum Gasteiger partial charge on any atom is -0.398 e. The zero-order chi connectivity index (χ0) is 13.4. The molecule has 2 nitrogen and oxygen atoms in total. The van der Waals surface area contributed by atoms with Crippen LogP contribution in [0.15, 0.2) is 46.2 Å². The van der Waals surface area contributed by atoms with E-state index in [1.165, 1.54) is 10.5 Å². The molecule has 0 fully saturated rings. The number of hydrogen-bond acceptors (Lipinski definition) is 4. The maximum absolute atomic E-state index is 6.15. The topological polar surface area (TPSA) is 38.9 Å². The molecule has 2 aromatic carbocycles. The van der Waals surface area contributed by atoms with Crippen molar-refractivity contribution in [2.45, 2.75) is 23.6 Å². The van der Waals surface area contributed by atoms with Crippen molar-refractivity contribution in [2.75, 3.05) is 5.73 Å². The average molecular weight is 286 g/mol. The van der Waals surface area contributed by atoms with Gasteiger partial charge in [0, 0.05) is 15.5 Å². The van der Waals surface area contributed by atoms with Gasteiger partial charge in [0.25, 0.3) is 0 Å². The van der Waals surface area contributed by atoms with Crippen LogP contribution in [0.4, 0.5) is 5.69 Å². The van der Waals surface area contributed by atoms with Gasteiger partial charge in [-0.2, -0.15) is 0 Å². The fraction of sp³-hybridized carbons (Fsp3) is 0.133.